The number of benzene rings is 1. The van der Waals surface area contributed by atoms with E-state index in [-0.39, 0.29) is 0 Å². The van der Waals surface area contributed by atoms with E-state index in [1.54, 1.807) is 0 Å². The van der Waals surface area contributed by atoms with Gasteiger partial charge in [-0.2, -0.15) is 0 Å². The molecule has 13 nitrogen and oxygen atoms in total. The van der Waals surface area contributed by atoms with Gasteiger partial charge in [-0.1, -0.05) is 102 Å². The van der Waals surface area contributed by atoms with Gasteiger partial charge in [0.15, 0.2) is 0 Å². The summed E-state index contributed by atoms with van der Waals surface area (Å²) in [6.07, 6.45) is 17.8. The van der Waals surface area contributed by atoms with E-state index in [0.29, 0.717) is 159 Å². The summed E-state index contributed by atoms with van der Waals surface area (Å²) in [5, 5.41) is 0. The molecule has 0 radical (unpaired) electrons. The number of hydrogen-bond acceptors (Lipinski definition) is 13. The Morgan fingerprint density at radius 2 is 0.466 bits per heavy atom. The van der Waals surface area contributed by atoms with E-state index in [9.17, 15) is 0 Å². The SMILES string of the molecule is CCCCCCCCCCCCCCCOCCOCCOCCOCCOCCOCCOCCOCCOCCOCCOCCOCCOc1ccccc1. The molecule has 0 N–H and O–H groups in total. The average molecular weight is 833 g/mol. The third-order valence-electron chi connectivity index (χ3n) is 8.72. The molecule has 0 saturated carbocycles. The van der Waals surface area contributed by atoms with Gasteiger partial charge in [-0.3, -0.25) is 0 Å². The molecule has 1 aromatic carbocycles. The zero-order valence-electron chi connectivity index (χ0n) is 36.6. The van der Waals surface area contributed by atoms with E-state index < -0.39 is 0 Å². The molecule has 0 aromatic heterocycles. The first-order valence-corrected chi connectivity index (χ1v) is 22.5. The third-order valence-corrected chi connectivity index (χ3v) is 8.72. The van der Waals surface area contributed by atoms with Crippen LogP contribution in [0.15, 0.2) is 30.3 Å². The van der Waals surface area contributed by atoms with Crippen molar-refractivity contribution in [2.75, 3.05) is 165 Å². The molecule has 0 bridgehead atoms. The van der Waals surface area contributed by atoms with Crippen LogP contribution >= 0.6 is 0 Å². The van der Waals surface area contributed by atoms with Crippen molar-refractivity contribution in [3.63, 3.8) is 0 Å². The molecular formula is C45H84O13. The highest BCUT2D eigenvalue weighted by atomic mass is 16.6. The van der Waals surface area contributed by atoms with Gasteiger partial charge < -0.3 is 61.6 Å². The molecule has 58 heavy (non-hydrogen) atoms. The molecule has 0 fully saturated rings. The standard InChI is InChI=1S/C45H84O13/c1-2-3-4-5-6-7-8-9-10-11-12-13-17-20-46-21-22-47-23-24-48-25-26-49-27-28-50-29-30-51-31-32-52-33-34-53-35-36-54-37-38-55-39-40-56-41-42-57-43-44-58-45-18-15-14-16-19-45/h14-16,18-19H,2-13,17,20-44H2,1H3. The molecule has 0 heterocycles. The van der Waals surface area contributed by atoms with Crippen molar-refractivity contribution < 1.29 is 61.6 Å². The van der Waals surface area contributed by atoms with Gasteiger partial charge in [0.25, 0.3) is 0 Å². The topological polar surface area (TPSA) is 120 Å². The lowest BCUT2D eigenvalue weighted by atomic mass is 10.0. The minimum absolute atomic E-state index is 0.512. The summed E-state index contributed by atoms with van der Waals surface area (Å²) in [5.74, 6) is 0.845. The molecule has 13 heteroatoms. The van der Waals surface area contributed by atoms with E-state index in [1.165, 1.54) is 77.0 Å². The fourth-order valence-corrected chi connectivity index (χ4v) is 5.48. The number of hydrogen-bond donors (Lipinski definition) is 0. The van der Waals surface area contributed by atoms with Crippen molar-refractivity contribution in [2.45, 2.75) is 90.4 Å². The summed E-state index contributed by atoms with van der Waals surface area (Å²) in [7, 11) is 0. The van der Waals surface area contributed by atoms with E-state index in [0.717, 1.165) is 18.8 Å². The number of para-hydroxylation sites is 1. The third kappa shape index (κ3) is 45.6. The minimum Gasteiger partial charge on any atom is -0.491 e. The Hall–Kier alpha value is -1.46. The van der Waals surface area contributed by atoms with Crippen molar-refractivity contribution in [2.24, 2.45) is 0 Å². The summed E-state index contributed by atoms with van der Waals surface area (Å²) in [6.45, 7) is 15.9. The second-order valence-electron chi connectivity index (χ2n) is 13.8. The van der Waals surface area contributed by atoms with Gasteiger partial charge >= 0.3 is 0 Å². The smallest absolute Gasteiger partial charge is 0.119 e. The van der Waals surface area contributed by atoms with Gasteiger partial charge in [0.1, 0.15) is 12.4 Å². The Morgan fingerprint density at radius 1 is 0.241 bits per heavy atom. The van der Waals surface area contributed by atoms with Gasteiger partial charge in [0, 0.05) is 6.61 Å². The summed E-state index contributed by atoms with van der Waals surface area (Å²) < 4.78 is 72.0. The first-order chi connectivity index (χ1) is 28.9. The summed E-state index contributed by atoms with van der Waals surface area (Å²) in [6, 6.07) is 9.69. The maximum Gasteiger partial charge on any atom is 0.119 e. The molecule has 0 spiro atoms. The van der Waals surface area contributed by atoms with Crippen LogP contribution < -0.4 is 4.74 Å². The monoisotopic (exact) mass is 833 g/mol. The first-order valence-electron chi connectivity index (χ1n) is 22.5. The quantitative estimate of drug-likeness (QED) is 0.0609. The molecule has 0 amide bonds. The molecule has 1 rings (SSSR count). The van der Waals surface area contributed by atoms with Gasteiger partial charge in [-0.05, 0) is 18.6 Å². The van der Waals surface area contributed by atoms with Gasteiger partial charge in [-0.15, -0.1) is 0 Å². The lowest BCUT2D eigenvalue weighted by Crippen LogP contribution is -2.15. The minimum atomic E-state index is 0.512. The Morgan fingerprint density at radius 3 is 0.741 bits per heavy atom. The van der Waals surface area contributed by atoms with Crippen LogP contribution in [0.3, 0.4) is 0 Å². The zero-order chi connectivity index (χ0) is 41.2. The van der Waals surface area contributed by atoms with Crippen LogP contribution in [0.2, 0.25) is 0 Å². The van der Waals surface area contributed by atoms with Crippen molar-refractivity contribution in [3.8, 4) is 5.75 Å². The van der Waals surface area contributed by atoms with E-state index in [1.807, 2.05) is 30.3 Å². The Kier molecular flexibility index (Phi) is 46.9. The predicted molar refractivity (Wildman–Crippen MR) is 227 cm³/mol. The van der Waals surface area contributed by atoms with Crippen LogP contribution in [0, 0.1) is 0 Å². The average Bonchev–Trinajstić information content (AvgIpc) is 3.24. The lowest BCUT2D eigenvalue weighted by Gasteiger charge is -2.09. The van der Waals surface area contributed by atoms with Crippen LogP contribution in [0.1, 0.15) is 90.4 Å². The second kappa shape index (κ2) is 49.9. The summed E-state index contributed by atoms with van der Waals surface area (Å²) in [4.78, 5) is 0. The molecule has 342 valence electrons. The molecular weight excluding hydrogens is 748 g/mol. The van der Waals surface area contributed by atoms with Crippen molar-refractivity contribution in [1.29, 1.82) is 0 Å². The number of ether oxygens (including phenoxy) is 13. The van der Waals surface area contributed by atoms with Crippen molar-refractivity contribution >= 4 is 0 Å². The summed E-state index contributed by atoms with van der Waals surface area (Å²) >= 11 is 0. The van der Waals surface area contributed by atoms with Crippen molar-refractivity contribution in [3.05, 3.63) is 30.3 Å². The van der Waals surface area contributed by atoms with Crippen LogP contribution in [-0.2, 0) is 56.8 Å². The fourth-order valence-electron chi connectivity index (χ4n) is 5.48. The Labute approximate surface area is 352 Å². The fraction of sp³-hybridized carbons (Fsp3) is 0.867. The maximum atomic E-state index is 5.68. The Bertz CT molecular complexity index is 870. The molecule has 0 aliphatic heterocycles. The maximum absolute atomic E-state index is 5.68. The molecule has 0 atom stereocenters. The van der Waals surface area contributed by atoms with Crippen LogP contribution in [-0.4, -0.2) is 165 Å². The Balaban J connectivity index is 1.59. The predicted octanol–water partition coefficient (Wildman–Crippen LogP) is 7.36. The zero-order valence-corrected chi connectivity index (χ0v) is 36.6. The number of rotatable bonds is 51. The van der Waals surface area contributed by atoms with Gasteiger partial charge in [0.05, 0.1) is 152 Å². The van der Waals surface area contributed by atoms with E-state index in [4.69, 9.17) is 61.6 Å². The number of unbranched alkanes of at least 4 members (excludes halogenated alkanes) is 12. The lowest BCUT2D eigenvalue weighted by molar-refractivity contribution is -0.0285. The molecule has 0 aliphatic rings. The molecule has 0 aliphatic carbocycles. The molecule has 0 saturated heterocycles. The van der Waals surface area contributed by atoms with Crippen LogP contribution in [0.4, 0.5) is 0 Å². The largest absolute Gasteiger partial charge is 0.491 e. The van der Waals surface area contributed by atoms with E-state index in [2.05, 4.69) is 6.92 Å². The highest BCUT2D eigenvalue weighted by Crippen LogP contribution is 2.12. The van der Waals surface area contributed by atoms with Crippen molar-refractivity contribution in [1.82, 2.24) is 0 Å². The second-order valence-corrected chi connectivity index (χ2v) is 13.8. The molecule has 1 aromatic rings. The normalized spacial score (nSPS) is 11.5. The van der Waals surface area contributed by atoms with Crippen LogP contribution in [0.5, 0.6) is 5.75 Å². The summed E-state index contributed by atoms with van der Waals surface area (Å²) in [5.41, 5.74) is 0. The first kappa shape index (κ1) is 54.6. The van der Waals surface area contributed by atoms with Gasteiger partial charge in [-0.25, -0.2) is 0 Å². The van der Waals surface area contributed by atoms with Gasteiger partial charge in [0.2, 0.25) is 0 Å². The van der Waals surface area contributed by atoms with E-state index >= 15 is 0 Å². The highest BCUT2D eigenvalue weighted by Gasteiger charge is 1.99. The highest BCUT2D eigenvalue weighted by molar-refractivity contribution is 5.20. The molecule has 0 unspecified atom stereocenters. The van der Waals surface area contributed by atoms with Crippen LogP contribution in [0.25, 0.3) is 0 Å².